The van der Waals surface area contributed by atoms with Crippen LogP contribution in [0.5, 0.6) is 0 Å². The van der Waals surface area contributed by atoms with Gasteiger partial charge in [-0.1, -0.05) is 60.7 Å². The summed E-state index contributed by atoms with van der Waals surface area (Å²) in [6.07, 6.45) is 0. The number of nitrogens with one attached hydrogen (secondary N) is 1. The van der Waals surface area contributed by atoms with Gasteiger partial charge in [-0.3, -0.25) is 4.79 Å². The van der Waals surface area contributed by atoms with E-state index in [2.05, 4.69) is 17.4 Å². The zero-order valence-corrected chi connectivity index (χ0v) is 14.1. The van der Waals surface area contributed by atoms with E-state index in [9.17, 15) is 4.79 Å². The van der Waals surface area contributed by atoms with Gasteiger partial charge >= 0.3 is 0 Å². The molecule has 3 rings (SSSR count). The Morgan fingerprint density at radius 1 is 0.958 bits per heavy atom. The third kappa shape index (κ3) is 4.37. The van der Waals surface area contributed by atoms with Gasteiger partial charge in [-0.05, 0) is 28.5 Å². The fourth-order valence-corrected chi connectivity index (χ4v) is 3.41. The molecule has 0 heterocycles. The first-order valence-electron chi connectivity index (χ1n) is 7.89. The van der Waals surface area contributed by atoms with Gasteiger partial charge in [0.2, 0.25) is 5.91 Å². The third-order valence-corrected chi connectivity index (χ3v) is 4.90. The second-order valence-electron chi connectivity index (χ2n) is 5.66. The average molecular weight is 336 g/mol. The molecule has 1 amide bonds. The van der Waals surface area contributed by atoms with Crippen LogP contribution in [0.1, 0.15) is 5.56 Å². The minimum Gasteiger partial charge on any atom is -0.325 e. The van der Waals surface area contributed by atoms with Crippen LogP contribution >= 0.6 is 11.8 Å². The van der Waals surface area contributed by atoms with E-state index in [1.807, 2.05) is 60.7 Å². The van der Waals surface area contributed by atoms with Gasteiger partial charge in [0.1, 0.15) is 0 Å². The fraction of sp³-hybridized carbons (Fsp3) is 0.150. The van der Waals surface area contributed by atoms with Crippen LogP contribution in [-0.2, 0) is 10.5 Å². The Labute approximate surface area is 146 Å². The van der Waals surface area contributed by atoms with Crippen molar-refractivity contribution in [3.63, 3.8) is 0 Å². The molecule has 3 aromatic rings. The molecular formula is C20H20N2OS. The lowest BCUT2D eigenvalue weighted by molar-refractivity contribution is -0.116. The molecule has 0 aliphatic rings. The standard InChI is InChI=1S/C20H20N2OS/c21-19(14-24-13-15-6-2-1-3-7-15)20(23)22-18-11-10-16-8-4-5-9-17(16)12-18/h1-12,19H,13-14,21H2,(H,22,23)/t19-/m0/s1. The number of carbonyl (C=O) groups is 1. The van der Waals surface area contributed by atoms with E-state index in [4.69, 9.17) is 5.73 Å². The quantitative estimate of drug-likeness (QED) is 0.714. The minimum atomic E-state index is -0.523. The smallest absolute Gasteiger partial charge is 0.242 e. The maximum atomic E-state index is 12.2. The number of nitrogens with two attached hydrogens (primary N) is 1. The number of hydrogen-bond acceptors (Lipinski definition) is 3. The van der Waals surface area contributed by atoms with E-state index in [-0.39, 0.29) is 5.91 Å². The van der Waals surface area contributed by atoms with Crippen molar-refractivity contribution in [3.8, 4) is 0 Å². The molecule has 0 spiro atoms. The molecule has 0 aliphatic carbocycles. The van der Waals surface area contributed by atoms with Crippen molar-refractivity contribution < 1.29 is 4.79 Å². The van der Waals surface area contributed by atoms with Crippen LogP contribution in [0.4, 0.5) is 5.69 Å². The molecule has 1 atom stereocenters. The van der Waals surface area contributed by atoms with Crippen LogP contribution in [0.15, 0.2) is 72.8 Å². The van der Waals surface area contributed by atoms with E-state index in [1.165, 1.54) is 5.56 Å². The maximum absolute atomic E-state index is 12.2. The van der Waals surface area contributed by atoms with Gasteiger partial charge < -0.3 is 11.1 Å². The summed E-state index contributed by atoms with van der Waals surface area (Å²) in [7, 11) is 0. The molecule has 0 aromatic heterocycles. The summed E-state index contributed by atoms with van der Waals surface area (Å²) in [4.78, 5) is 12.2. The van der Waals surface area contributed by atoms with E-state index in [0.717, 1.165) is 22.2 Å². The second kappa shape index (κ2) is 7.99. The highest BCUT2D eigenvalue weighted by molar-refractivity contribution is 7.98. The Balaban J connectivity index is 1.53. The number of benzene rings is 3. The Bertz CT molecular complexity index is 820. The Kier molecular flexibility index (Phi) is 5.51. The molecule has 0 saturated heterocycles. The molecule has 0 aliphatic heterocycles. The Morgan fingerprint density at radius 2 is 1.67 bits per heavy atom. The van der Waals surface area contributed by atoms with E-state index >= 15 is 0 Å². The van der Waals surface area contributed by atoms with Crippen molar-refractivity contribution in [1.82, 2.24) is 0 Å². The summed E-state index contributed by atoms with van der Waals surface area (Å²) in [6, 6.07) is 23.6. The van der Waals surface area contributed by atoms with Crippen molar-refractivity contribution >= 4 is 34.1 Å². The van der Waals surface area contributed by atoms with Crippen LogP contribution in [0.2, 0.25) is 0 Å². The molecule has 24 heavy (non-hydrogen) atoms. The van der Waals surface area contributed by atoms with E-state index in [0.29, 0.717) is 5.75 Å². The summed E-state index contributed by atoms with van der Waals surface area (Å²) in [5.41, 5.74) is 8.03. The Morgan fingerprint density at radius 3 is 2.46 bits per heavy atom. The monoisotopic (exact) mass is 336 g/mol. The summed E-state index contributed by atoms with van der Waals surface area (Å²) in [6.45, 7) is 0. The molecule has 0 radical (unpaired) electrons. The van der Waals surface area contributed by atoms with Crippen molar-refractivity contribution in [2.75, 3.05) is 11.1 Å². The normalized spacial score (nSPS) is 12.0. The summed E-state index contributed by atoms with van der Waals surface area (Å²) in [5.74, 6) is 1.30. The van der Waals surface area contributed by atoms with Gasteiger partial charge in [-0.25, -0.2) is 0 Å². The van der Waals surface area contributed by atoms with Crippen LogP contribution in [-0.4, -0.2) is 17.7 Å². The lowest BCUT2D eigenvalue weighted by Gasteiger charge is -2.12. The zero-order chi connectivity index (χ0) is 16.8. The highest BCUT2D eigenvalue weighted by Gasteiger charge is 2.13. The number of hydrogen-bond donors (Lipinski definition) is 2. The highest BCUT2D eigenvalue weighted by atomic mass is 32.2. The molecule has 0 unspecified atom stereocenters. The molecular weight excluding hydrogens is 316 g/mol. The molecule has 3 N–H and O–H groups in total. The molecule has 4 heteroatoms. The molecule has 3 nitrogen and oxygen atoms in total. The van der Waals surface area contributed by atoms with Crippen molar-refractivity contribution in [3.05, 3.63) is 78.4 Å². The second-order valence-corrected chi connectivity index (χ2v) is 6.69. The number of anilines is 1. The number of carbonyl (C=O) groups excluding carboxylic acids is 1. The predicted molar refractivity (Wildman–Crippen MR) is 103 cm³/mol. The van der Waals surface area contributed by atoms with E-state index in [1.54, 1.807) is 11.8 Å². The average Bonchev–Trinajstić information content (AvgIpc) is 2.62. The summed E-state index contributed by atoms with van der Waals surface area (Å²) in [5, 5.41) is 5.16. The van der Waals surface area contributed by atoms with E-state index < -0.39 is 6.04 Å². The fourth-order valence-electron chi connectivity index (χ4n) is 2.46. The van der Waals surface area contributed by atoms with Gasteiger partial charge in [-0.2, -0.15) is 11.8 Å². The van der Waals surface area contributed by atoms with Crippen LogP contribution in [0, 0.1) is 0 Å². The van der Waals surface area contributed by atoms with Gasteiger partial charge in [0.15, 0.2) is 0 Å². The maximum Gasteiger partial charge on any atom is 0.242 e. The predicted octanol–water partition coefficient (Wildman–Crippen LogP) is 4.04. The largest absolute Gasteiger partial charge is 0.325 e. The van der Waals surface area contributed by atoms with Gasteiger partial charge in [0, 0.05) is 17.2 Å². The number of fused-ring (bicyclic) bond motifs is 1. The lowest BCUT2D eigenvalue weighted by Crippen LogP contribution is -2.37. The van der Waals surface area contributed by atoms with Crippen molar-refractivity contribution in [1.29, 1.82) is 0 Å². The number of rotatable bonds is 6. The summed E-state index contributed by atoms with van der Waals surface area (Å²) >= 11 is 1.67. The molecule has 3 aromatic carbocycles. The SMILES string of the molecule is N[C@@H](CSCc1ccccc1)C(=O)Nc1ccc2ccccc2c1. The first-order chi connectivity index (χ1) is 11.7. The molecule has 0 saturated carbocycles. The van der Waals surface area contributed by atoms with Crippen molar-refractivity contribution in [2.45, 2.75) is 11.8 Å². The number of thioether (sulfide) groups is 1. The van der Waals surface area contributed by atoms with Crippen LogP contribution in [0.3, 0.4) is 0 Å². The lowest BCUT2D eigenvalue weighted by atomic mass is 10.1. The molecule has 0 fully saturated rings. The molecule has 122 valence electrons. The first kappa shape index (κ1) is 16.6. The van der Waals surface area contributed by atoms with Crippen molar-refractivity contribution in [2.24, 2.45) is 5.73 Å². The first-order valence-corrected chi connectivity index (χ1v) is 9.05. The van der Waals surface area contributed by atoms with Gasteiger partial charge in [-0.15, -0.1) is 0 Å². The topological polar surface area (TPSA) is 55.1 Å². The highest BCUT2D eigenvalue weighted by Crippen LogP contribution is 2.19. The summed E-state index contributed by atoms with van der Waals surface area (Å²) < 4.78 is 0. The van der Waals surface area contributed by atoms with Crippen LogP contribution in [0.25, 0.3) is 10.8 Å². The third-order valence-electron chi connectivity index (χ3n) is 3.76. The number of amides is 1. The Hall–Kier alpha value is -2.30. The van der Waals surface area contributed by atoms with Crippen LogP contribution < -0.4 is 11.1 Å². The minimum absolute atomic E-state index is 0.147. The zero-order valence-electron chi connectivity index (χ0n) is 13.3. The van der Waals surface area contributed by atoms with Gasteiger partial charge in [0.05, 0.1) is 6.04 Å². The molecule has 0 bridgehead atoms. The van der Waals surface area contributed by atoms with Gasteiger partial charge in [0.25, 0.3) is 0 Å².